The van der Waals surface area contributed by atoms with E-state index in [4.69, 9.17) is 10.6 Å². The Kier molecular flexibility index (Phi) is 5.80. The van der Waals surface area contributed by atoms with Gasteiger partial charge in [0, 0.05) is 12.6 Å². The van der Waals surface area contributed by atoms with Gasteiger partial charge in [0.15, 0.2) is 0 Å². The van der Waals surface area contributed by atoms with Gasteiger partial charge in [-0.05, 0) is 48.6 Å². The van der Waals surface area contributed by atoms with Crippen LogP contribution in [0.2, 0.25) is 0 Å². The van der Waals surface area contributed by atoms with Gasteiger partial charge in [-0.2, -0.15) is 0 Å². The van der Waals surface area contributed by atoms with Crippen molar-refractivity contribution in [3.8, 4) is 0 Å². The molecule has 3 N–H and O–H groups in total. The Morgan fingerprint density at radius 1 is 1.33 bits per heavy atom. The summed E-state index contributed by atoms with van der Waals surface area (Å²) < 4.78 is 5.70. The molecule has 1 aliphatic heterocycles. The molecule has 1 aliphatic rings. The maximum atomic E-state index is 5.83. The topological polar surface area (TPSA) is 47.3 Å². The first-order chi connectivity index (χ1) is 10.0. The lowest BCUT2D eigenvalue weighted by atomic mass is 9.81. The highest BCUT2D eigenvalue weighted by molar-refractivity contribution is 5.35. The Labute approximate surface area is 129 Å². The summed E-state index contributed by atoms with van der Waals surface area (Å²) in [7, 11) is 0. The van der Waals surface area contributed by atoms with Crippen LogP contribution in [0.15, 0.2) is 24.3 Å². The predicted octanol–water partition coefficient (Wildman–Crippen LogP) is 3.84. The van der Waals surface area contributed by atoms with E-state index in [2.05, 4.69) is 50.5 Å². The van der Waals surface area contributed by atoms with Crippen LogP contribution in [0.5, 0.6) is 0 Å². The van der Waals surface area contributed by atoms with Crippen LogP contribution in [0.25, 0.3) is 0 Å². The first-order valence-electron chi connectivity index (χ1n) is 8.19. The highest BCUT2D eigenvalue weighted by atomic mass is 16.5. The van der Waals surface area contributed by atoms with Crippen molar-refractivity contribution in [3.05, 3.63) is 35.4 Å². The van der Waals surface area contributed by atoms with E-state index in [0.29, 0.717) is 6.10 Å². The third-order valence-electron chi connectivity index (χ3n) is 4.39. The molecule has 21 heavy (non-hydrogen) atoms. The fourth-order valence-corrected chi connectivity index (χ4v) is 3.23. The summed E-state index contributed by atoms with van der Waals surface area (Å²) in [6.45, 7) is 7.71. The number of hydrogen-bond acceptors (Lipinski definition) is 3. The summed E-state index contributed by atoms with van der Waals surface area (Å²) >= 11 is 0. The third-order valence-corrected chi connectivity index (χ3v) is 4.39. The fourth-order valence-electron chi connectivity index (χ4n) is 3.23. The summed E-state index contributed by atoms with van der Waals surface area (Å²) in [5, 5.41) is 0. The average Bonchev–Trinajstić information content (AvgIpc) is 2.96. The summed E-state index contributed by atoms with van der Waals surface area (Å²) in [6.07, 6.45) is 6.27. The monoisotopic (exact) mass is 290 g/mol. The number of ether oxygens (including phenoxy) is 1. The van der Waals surface area contributed by atoms with Gasteiger partial charge in [0.25, 0.3) is 0 Å². The molecular formula is C18H30N2O. The fraction of sp³-hybridized carbons (Fsp3) is 0.667. The van der Waals surface area contributed by atoms with E-state index in [1.165, 1.54) is 24.0 Å². The van der Waals surface area contributed by atoms with Crippen molar-refractivity contribution in [1.29, 1.82) is 0 Å². The molecule has 0 spiro atoms. The van der Waals surface area contributed by atoms with E-state index in [-0.39, 0.29) is 11.5 Å². The van der Waals surface area contributed by atoms with Crippen molar-refractivity contribution in [2.24, 2.45) is 5.84 Å². The quantitative estimate of drug-likeness (QED) is 0.618. The second-order valence-electron chi connectivity index (χ2n) is 7.12. The van der Waals surface area contributed by atoms with E-state index < -0.39 is 0 Å². The molecule has 1 saturated heterocycles. The van der Waals surface area contributed by atoms with E-state index in [1.807, 2.05) is 0 Å². The van der Waals surface area contributed by atoms with E-state index in [9.17, 15) is 0 Å². The third kappa shape index (κ3) is 4.53. The highest BCUT2D eigenvalue weighted by Crippen LogP contribution is 2.31. The lowest BCUT2D eigenvalue weighted by Crippen LogP contribution is -2.30. The molecule has 0 amide bonds. The van der Waals surface area contributed by atoms with Gasteiger partial charge in [-0.25, -0.2) is 0 Å². The highest BCUT2D eigenvalue weighted by Gasteiger charge is 2.22. The normalized spacial score (nSPS) is 20.7. The zero-order chi connectivity index (χ0) is 15.3. The summed E-state index contributed by atoms with van der Waals surface area (Å²) in [5.74, 6) is 5.83. The molecule has 1 heterocycles. The van der Waals surface area contributed by atoms with Gasteiger partial charge >= 0.3 is 0 Å². The Bertz CT molecular complexity index is 433. The zero-order valence-electron chi connectivity index (χ0n) is 13.7. The molecule has 1 aromatic carbocycles. The maximum absolute atomic E-state index is 5.83. The lowest BCUT2D eigenvalue weighted by molar-refractivity contribution is 0.101. The van der Waals surface area contributed by atoms with Crippen molar-refractivity contribution >= 4 is 0 Å². The Morgan fingerprint density at radius 2 is 2.10 bits per heavy atom. The van der Waals surface area contributed by atoms with E-state index >= 15 is 0 Å². The summed E-state index contributed by atoms with van der Waals surface area (Å²) in [5.41, 5.74) is 5.87. The molecule has 0 aromatic heterocycles. The maximum Gasteiger partial charge on any atom is 0.0576 e. The van der Waals surface area contributed by atoms with Crippen molar-refractivity contribution < 1.29 is 4.74 Å². The van der Waals surface area contributed by atoms with Gasteiger partial charge in [0.1, 0.15) is 0 Å². The van der Waals surface area contributed by atoms with Crippen LogP contribution in [-0.2, 0) is 10.2 Å². The zero-order valence-corrected chi connectivity index (χ0v) is 13.7. The van der Waals surface area contributed by atoms with Crippen LogP contribution in [0.1, 0.15) is 70.0 Å². The van der Waals surface area contributed by atoms with Crippen LogP contribution < -0.4 is 11.3 Å². The largest absolute Gasteiger partial charge is 0.378 e. The van der Waals surface area contributed by atoms with Crippen LogP contribution in [0.3, 0.4) is 0 Å². The van der Waals surface area contributed by atoms with Gasteiger partial charge in [-0.3, -0.25) is 11.3 Å². The Balaban J connectivity index is 2.00. The molecule has 1 fully saturated rings. The molecule has 3 nitrogen and oxygen atoms in total. The van der Waals surface area contributed by atoms with Crippen molar-refractivity contribution in [3.63, 3.8) is 0 Å². The molecule has 2 rings (SSSR count). The smallest absolute Gasteiger partial charge is 0.0576 e. The van der Waals surface area contributed by atoms with E-state index in [1.54, 1.807) is 0 Å². The van der Waals surface area contributed by atoms with Crippen molar-refractivity contribution in [1.82, 2.24) is 5.43 Å². The van der Waals surface area contributed by atoms with Gasteiger partial charge < -0.3 is 4.74 Å². The van der Waals surface area contributed by atoms with Crippen LogP contribution in [0, 0.1) is 0 Å². The van der Waals surface area contributed by atoms with Crippen LogP contribution in [0.4, 0.5) is 0 Å². The van der Waals surface area contributed by atoms with Gasteiger partial charge in [-0.15, -0.1) is 0 Å². The number of benzene rings is 1. The van der Waals surface area contributed by atoms with Gasteiger partial charge in [-0.1, -0.05) is 45.0 Å². The second-order valence-corrected chi connectivity index (χ2v) is 7.12. The minimum atomic E-state index is 0.139. The lowest BCUT2D eigenvalue weighted by Gasteiger charge is -2.27. The SMILES string of the molecule is CC(C)(C)c1ccccc1C(CCCC1CCCO1)NN. The van der Waals surface area contributed by atoms with E-state index in [0.717, 1.165) is 25.9 Å². The second kappa shape index (κ2) is 7.39. The molecule has 2 unspecified atom stereocenters. The molecule has 0 aliphatic carbocycles. The van der Waals surface area contributed by atoms with Crippen LogP contribution >= 0.6 is 0 Å². The molecule has 3 heteroatoms. The summed E-state index contributed by atoms with van der Waals surface area (Å²) in [6, 6.07) is 8.87. The first kappa shape index (κ1) is 16.5. The van der Waals surface area contributed by atoms with Crippen molar-refractivity contribution in [2.45, 2.75) is 70.4 Å². The molecule has 0 bridgehead atoms. The number of hydrogen-bond donors (Lipinski definition) is 2. The Morgan fingerprint density at radius 3 is 2.71 bits per heavy atom. The minimum Gasteiger partial charge on any atom is -0.378 e. The minimum absolute atomic E-state index is 0.139. The molecule has 118 valence electrons. The molecule has 1 aromatic rings. The van der Waals surface area contributed by atoms with Gasteiger partial charge in [0.05, 0.1) is 6.10 Å². The molecule has 0 radical (unpaired) electrons. The molecular weight excluding hydrogens is 260 g/mol. The van der Waals surface area contributed by atoms with Crippen molar-refractivity contribution in [2.75, 3.05) is 6.61 Å². The number of rotatable bonds is 6. The predicted molar refractivity (Wildman–Crippen MR) is 88.0 cm³/mol. The average molecular weight is 290 g/mol. The standard InChI is InChI=1S/C18H30N2O/c1-18(2,3)16-11-5-4-10-15(16)17(20-19)12-6-8-14-9-7-13-21-14/h4-5,10-11,14,17,20H,6-9,12-13,19H2,1-3H3. The number of nitrogens with one attached hydrogen (secondary N) is 1. The number of nitrogens with two attached hydrogens (primary N) is 1. The summed E-state index contributed by atoms with van der Waals surface area (Å²) in [4.78, 5) is 0. The molecule has 2 atom stereocenters. The number of hydrazine groups is 1. The van der Waals surface area contributed by atoms with Crippen LogP contribution in [-0.4, -0.2) is 12.7 Å². The first-order valence-corrected chi connectivity index (χ1v) is 8.19. The van der Waals surface area contributed by atoms with Gasteiger partial charge in [0.2, 0.25) is 0 Å². The molecule has 0 saturated carbocycles. The Hall–Kier alpha value is -0.900.